The van der Waals surface area contributed by atoms with E-state index >= 15 is 0 Å². The van der Waals surface area contributed by atoms with E-state index < -0.39 is 0 Å². The van der Waals surface area contributed by atoms with E-state index in [9.17, 15) is 4.79 Å². The molecule has 0 aromatic heterocycles. The number of carbonyl (C=O) groups is 1. The molecule has 2 aliphatic rings. The molecule has 21 heavy (non-hydrogen) atoms. The number of piperidine rings is 1. The predicted molar refractivity (Wildman–Crippen MR) is 83.9 cm³/mol. The zero-order chi connectivity index (χ0) is 13.9. The fourth-order valence-corrected chi connectivity index (χ4v) is 2.67. The average molecular weight is 333 g/mol. The van der Waals surface area contributed by atoms with Gasteiger partial charge in [0.05, 0.1) is 16.6 Å². The number of anilines is 1. The molecule has 1 fully saturated rings. The fraction of sp³-hybridized carbons (Fsp3) is 0.500. The van der Waals surface area contributed by atoms with E-state index in [1.165, 1.54) is 0 Å². The van der Waals surface area contributed by atoms with Crippen LogP contribution < -0.4 is 20.1 Å². The summed E-state index contributed by atoms with van der Waals surface area (Å²) in [5.41, 5.74) is 0.575. The van der Waals surface area contributed by atoms with Crippen LogP contribution in [0.5, 0.6) is 11.5 Å². The first-order valence-electron chi connectivity index (χ1n) is 6.85. The van der Waals surface area contributed by atoms with Crippen LogP contribution in [0.3, 0.4) is 0 Å². The van der Waals surface area contributed by atoms with Crippen molar-refractivity contribution in [2.45, 2.75) is 12.8 Å². The van der Waals surface area contributed by atoms with Crippen LogP contribution in [0.25, 0.3) is 0 Å². The molecule has 3 rings (SSSR count). The highest BCUT2D eigenvalue weighted by Crippen LogP contribution is 2.38. The van der Waals surface area contributed by atoms with Gasteiger partial charge in [-0.2, -0.15) is 0 Å². The van der Waals surface area contributed by atoms with Gasteiger partial charge in [-0.1, -0.05) is 11.6 Å². The number of benzene rings is 1. The predicted octanol–water partition coefficient (Wildman–Crippen LogP) is 2.47. The van der Waals surface area contributed by atoms with Crippen LogP contribution in [0.2, 0.25) is 5.02 Å². The Bertz CT molecular complexity index is 519. The van der Waals surface area contributed by atoms with E-state index in [-0.39, 0.29) is 24.2 Å². The zero-order valence-corrected chi connectivity index (χ0v) is 13.1. The van der Waals surface area contributed by atoms with Gasteiger partial charge in [-0.25, -0.2) is 0 Å². The van der Waals surface area contributed by atoms with Crippen molar-refractivity contribution in [2.75, 3.05) is 31.6 Å². The highest BCUT2D eigenvalue weighted by Gasteiger charge is 2.23. The molecule has 0 spiro atoms. The van der Waals surface area contributed by atoms with E-state index in [0.717, 1.165) is 19.4 Å². The molecular formula is C14H18Cl2N2O3. The third-order valence-corrected chi connectivity index (χ3v) is 3.87. The number of nitrogens with one attached hydrogen (secondary N) is 2. The molecule has 1 amide bonds. The van der Waals surface area contributed by atoms with Gasteiger partial charge in [0.15, 0.2) is 11.5 Å². The van der Waals surface area contributed by atoms with Crippen LogP contribution >= 0.6 is 24.0 Å². The van der Waals surface area contributed by atoms with E-state index in [0.29, 0.717) is 42.0 Å². The molecule has 1 saturated heterocycles. The highest BCUT2D eigenvalue weighted by molar-refractivity contribution is 6.34. The lowest BCUT2D eigenvalue weighted by Crippen LogP contribution is -2.37. The molecule has 1 aromatic carbocycles. The second-order valence-corrected chi connectivity index (χ2v) is 5.42. The minimum absolute atomic E-state index is 0. The van der Waals surface area contributed by atoms with Gasteiger partial charge in [0.25, 0.3) is 0 Å². The van der Waals surface area contributed by atoms with E-state index in [1.807, 2.05) is 0 Å². The van der Waals surface area contributed by atoms with E-state index in [4.69, 9.17) is 21.1 Å². The van der Waals surface area contributed by atoms with E-state index in [2.05, 4.69) is 10.6 Å². The molecular weight excluding hydrogens is 315 g/mol. The molecule has 1 atom stereocenters. The summed E-state index contributed by atoms with van der Waals surface area (Å²) in [6.45, 7) is 2.72. The van der Waals surface area contributed by atoms with Crippen molar-refractivity contribution in [1.82, 2.24) is 5.32 Å². The molecule has 0 unspecified atom stereocenters. The molecule has 5 nitrogen and oxygen atoms in total. The van der Waals surface area contributed by atoms with Crippen LogP contribution in [0.1, 0.15) is 12.8 Å². The summed E-state index contributed by atoms with van der Waals surface area (Å²) in [4.78, 5) is 12.2. The van der Waals surface area contributed by atoms with Gasteiger partial charge in [0, 0.05) is 18.7 Å². The third kappa shape index (κ3) is 3.73. The molecule has 1 aromatic rings. The number of halogens is 2. The van der Waals surface area contributed by atoms with Crippen molar-refractivity contribution < 1.29 is 14.3 Å². The Morgan fingerprint density at radius 2 is 2.00 bits per heavy atom. The summed E-state index contributed by atoms with van der Waals surface area (Å²) < 4.78 is 10.9. The van der Waals surface area contributed by atoms with Gasteiger partial charge < -0.3 is 20.1 Å². The first-order chi connectivity index (χ1) is 9.74. The summed E-state index contributed by atoms with van der Waals surface area (Å²) in [6.07, 6.45) is 1.92. The summed E-state index contributed by atoms with van der Waals surface area (Å²) >= 11 is 6.18. The lowest BCUT2D eigenvalue weighted by atomic mass is 9.99. The summed E-state index contributed by atoms with van der Waals surface area (Å²) in [5, 5.41) is 6.58. The van der Waals surface area contributed by atoms with Crippen molar-refractivity contribution >= 4 is 35.6 Å². The molecule has 0 radical (unpaired) electrons. The molecule has 2 aliphatic heterocycles. The Morgan fingerprint density at radius 1 is 1.29 bits per heavy atom. The lowest BCUT2D eigenvalue weighted by molar-refractivity contribution is -0.120. The number of amides is 1. The SMILES string of the molecule is Cl.O=C(Nc1cc2c(cc1Cl)OCCO2)[C@@H]1CCCNC1. The lowest BCUT2D eigenvalue weighted by Gasteiger charge is -2.23. The van der Waals surface area contributed by atoms with Gasteiger partial charge in [-0.05, 0) is 19.4 Å². The second-order valence-electron chi connectivity index (χ2n) is 5.01. The average Bonchev–Trinajstić information content (AvgIpc) is 2.49. The molecule has 0 aliphatic carbocycles. The Balaban J connectivity index is 0.00000161. The third-order valence-electron chi connectivity index (χ3n) is 3.56. The summed E-state index contributed by atoms with van der Waals surface area (Å²) in [5.74, 6) is 1.24. The molecule has 0 saturated carbocycles. The molecule has 2 heterocycles. The van der Waals surface area contributed by atoms with Gasteiger partial charge in [0.1, 0.15) is 13.2 Å². The maximum Gasteiger partial charge on any atom is 0.228 e. The van der Waals surface area contributed by atoms with Crippen molar-refractivity contribution in [2.24, 2.45) is 5.92 Å². The molecule has 116 valence electrons. The number of fused-ring (bicyclic) bond motifs is 1. The number of rotatable bonds is 2. The summed E-state index contributed by atoms with van der Waals surface area (Å²) in [6, 6.07) is 3.41. The van der Waals surface area contributed by atoms with Crippen LogP contribution in [-0.2, 0) is 4.79 Å². The number of ether oxygens (including phenoxy) is 2. The fourth-order valence-electron chi connectivity index (χ4n) is 2.47. The number of carbonyl (C=O) groups excluding carboxylic acids is 1. The van der Waals surface area contributed by atoms with Crippen LogP contribution in [0.15, 0.2) is 12.1 Å². The van der Waals surface area contributed by atoms with Crippen molar-refractivity contribution in [3.05, 3.63) is 17.2 Å². The van der Waals surface area contributed by atoms with Gasteiger partial charge in [0.2, 0.25) is 5.91 Å². The standard InChI is InChI=1S/C14H17ClN2O3.ClH/c15-10-6-12-13(20-5-4-19-12)7-11(10)17-14(18)9-2-1-3-16-8-9;/h6-7,9,16H,1-5,8H2,(H,17,18);1H/t9-;/m1./s1. The Kier molecular flexibility index (Phi) is 5.56. The number of hydrogen-bond donors (Lipinski definition) is 2. The molecule has 0 bridgehead atoms. The maximum absolute atomic E-state index is 12.2. The smallest absolute Gasteiger partial charge is 0.228 e. The molecule has 2 N–H and O–H groups in total. The zero-order valence-electron chi connectivity index (χ0n) is 11.5. The normalized spacial score (nSPS) is 20.3. The first-order valence-corrected chi connectivity index (χ1v) is 7.22. The topological polar surface area (TPSA) is 59.6 Å². The van der Waals surface area contributed by atoms with Crippen molar-refractivity contribution in [3.8, 4) is 11.5 Å². The Morgan fingerprint density at radius 3 is 2.67 bits per heavy atom. The quantitative estimate of drug-likeness (QED) is 0.873. The van der Waals surface area contributed by atoms with Gasteiger partial charge >= 0.3 is 0 Å². The van der Waals surface area contributed by atoms with Gasteiger partial charge in [-0.15, -0.1) is 12.4 Å². The van der Waals surface area contributed by atoms with Crippen molar-refractivity contribution in [3.63, 3.8) is 0 Å². The van der Waals surface area contributed by atoms with Gasteiger partial charge in [-0.3, -0.25) is 4.79 Å². The first kappa shape index (κ1) is 16.2. The maximum atomic E-state index is 12.2. The number of hydrogen-bond acceptors (Lipinski definition) is 4. The Hall–Kier alpha value is -1.17. The van der Waals surface area contributed by atoms with E-state index in [1.54, 1.807) is 12.1 Å². The molecule has 7 heteroatoms. The second kappa shape index (κ2) is 7.20. The summed E-state index contributed by atoms with van der Waals surface area (Å²) in [7, 11) is 0. The van der Waals surface area contributed by atoms with Crippen LogP contribution in [-0.4, -0.2) is 32.2 Å². The minimum Gasteiger partial charge on any atom is -0.486 e. The van der Waals surface area contributed by atoms with Crippen LogP contribution in [0.4, 0.5) is 5.69 Å². The largest absolute Gasteiger partial charge is 0.486 e. The minimum atomic E-state index is -0.00647. The van der Waals surface area contributed by atoms with Crippen LogP contribution in [0, 0.1) is 5.92 Å². The highest BCUT2D eigenvalue weighted by atomic mass is 35.5. The Labute approximate surface area is 134 Å². The van der Waals surface area contributed by atoms with Crippen molar-refractivity contribution in [1.29, 1.82) is 0 Å². The monoisotopic (exact) mass is 332 g/mol.